The van der Waals surface area contributed by atoms with Crippen molar-refractivity contribution in [1.29, 1.82) is 0 Å². The Kier molecular flexibility index (Phi) is 5.53. The van der Waals surface area contributed by atoms with E-state index in [0.717, 1.165) is 12.1 Å². The number of hydrogen-bond donors (Lipinski definition) is 1. The maximum atomic E-state index is 14.5. The Labute approximate surface area is 170 Å². The molecule has 0 spiro atoms. The van der Waals surface area contributed by atoms with Crippen molar-refractivity contribution in [3.05, 3.63) is 53.6 Å². The van der Waals surface area contributed by atoms with Crippen LogP contribution in [0.4, 0.5) is 22.4 Å². The van der Waals surface area contributed by atoms with Gasteiger partial charge in [0.2, 0.25) is 0 Å². The molecule has 162 valence electrons. The molecular formula is C20H20F4N2O4. The van der Waals surface area contributed by atoms with E-state index in [1.165, 1.54) is 12.3 Å². The fourth-order valence-corrected chi connectivity index (χ4v) is 3.19. The normalized spacial score (nSPS) is 18.8. The van der Waals surface area contributed by atoms with Crippen molar-refractivity contribution in [2.75, 3.05) is 6.61 Å². The molecule has 0 radical (unpaired) electrons. The molecule has 0 saturated carbocycles. The van der Waals surface area contributed by atoms with Crippen molar-refractivity contribution in [2.45, 2.75) is 44.7 Å². The molecule has 1 aliphatic heterocycles. The minimum absolute atomic E-state index is 0.148. The van der Waals surface area contributed by atoms with E-state index in [9.17, 15) is 22.4 Å². The molecule has 1 aromatic carbocycles. The number of hydrogen-bond acceptors (Lipinski definition) is 5. The summed E-state index contributed by atoms with van der Waals surface area (Å²) < 4.78 is 66.6. The maximum absolute atomic E-state index is 14.5. The van der Waals surface area contributed by atoms with Gasteiger partial charge in [-0.1, -0.05) is 6.07 Å². The molecule has 2 heterocycles. The molecule has 1 atom stereocenters. The summed E-state index contributed by atoms with van der Waals surface area (Å²) in [6.07, 6.45) is -4.22. The van der Waals surface area contributed by atoms with E-state index in [0.29, 0.717) is 5.75 Å². The Morgan fingerprint density at radius 3 is 2.60 bits per heavy atom. The van der Waals surface area contributed by atoms with Gasteiger partial charge in [0.1, 0.15) is 22.6 Å². The van der Waals surface area contributed by atoms with E-state index in [4.69, 9.17) is 9.47 Å². The summed E-state index contributed by atoms with van der Waals surface area (Å²) in [6, 6.07) is 6.23. The first-order chi connectivity index (χ1) is 13.9. The maximum Gasteiger partial charge on any atom is 0.573 e. The minimum atomic E-state index is -5.04. The van der Waals surface area contributed by atoms with Crippen molar-refractivity contribution in [3.63, 3.8) is 0 Å². The van der Waals surface area contributed by atoms with E-state index in [-0.39, 0.29) is 24.3 Å². The second-order valence-corrected chi connectivity index (χ2v) is 7.67. The summed E-state index contributed by atoms with van der Waals surface area (Å²) in [5.74, 6) is -1.86. The first-order valence-electron chi connectivity index (χ1n) is 9.05. The zero-order chi connectivity index (χ0) is 22.2. The molecule has 3 rings (SSSR count). The Morgan fingerprint density at radius 2 is 1.97 bits per heavy atom. The second kappa shape index (κ2) is 7.66. The van der Waals surface area contributed by atoms with E-state index >= 15 is 0 Å². The van der Waals surface area contributed by atoms with Gasteiger partial charge in [-0.2, -0.15) is 0 Å². The fraction of sp³-hybridized carbons (Fsp3) is 0.400. The average molecular weight is 428 g/mol. The topological polar surface area (TPSA) is 69.7 Å². The number of benzene rings is 1. The number of nitrogens with zero attached hydrogens (tertiary/aromatic N) is 1. The number of ether oxygens (including phenoxy) is 3. The monoisotopic (exact) mass is 428 g/mol. The van der Waals surface area contributed by atoms with Crippen molar-refractivity contribution < 1.29 is 36.6 Å². The van der Waals surface area contributed by atoms with E-state index in [1.807, 2.05) is 0 Å². The molecule has 2 aromatic rings. The lowest BCUT2D eigenvalue weighted by Crippen LogP contribution is -2.51. The third kappa shape index (κ3) is 4.74. The molecule has 1 aromatic heterocycles. The Balaban J connectivity index is 2.08. The number of halogens is 4. The van der Waals surface area contributed by atoms with Crippen LogP contribution in [0, 0.1) is 5.82 Å². The first-order valence-corrected chi connectivity index (χ1v) is 9.05. The molecule has 1 aliphatic rings. The molecule has 1 amide bonds. The van der Waals surface area contributed by atoms with Crippen molar-refractivity contribution in [3.8, 4) is 11.5 Å². The molecule has 0 fully saturated rings. The highest BCUT2D eigenvalue weighted by Gasteiger charge is 2.44. The van der Waals surface area contributed by atoms with Crippen LogP contribution >= 0.6 is 0 Å². The van der Waals surface area contributed by atoms with Crippen molar-refractivity contribution >= 4 is 6.09 Å². The number of fused-ring (bicyclic) bond motifs is 1. The van der Waals surface area contributed by atoms with Gasteiger partial charge in [0.15, 0.2) is 11.6 Å². The Hall–Kier alpha value is -3.04. The van der Waals surface area contributed by atoms with Crippen LogP contribution in [0.15, 0.2) is 36.5 Å². The SMILES string of the molecule is CC(C)(C)OC(=O)NC1(c2ccc(OC(F)(F)F)c(F)c2)CCOc2cccnc21. The van der Waals surface area contributed by atoms with Gasteiger partial charge in [0, 0.05) is 12.6 Å². The summed E-state index contributed by atoms with van der Waals surface area (Å²) in [4.78, 5) is 16.9. The third-order valence-electron chi connectivity index (χ3n) is 4.27. The quantitative estimate of drug-likeness (QED) is 0.720. The fourth-order valence-electron chi connectivity index (χ4n) is 3.19. The van der Waals surface area contributed by atoms with Gasteiger partial charge >= 0.3 is 12.5 Å². The van der Waals surface area contributed by atoms with Gasteiger partial charge in [-0.15, -0.1) is 13.2 Å². The minimum Gasteiger partial charge on any atom is -0.491 e. The smallest absolute Gasteiger partial charge is 0.491 e. The van der Waals surface area contributed by atoms with Crippen molar-refractivity contribution in [2.24, 2.45) is 0 Å². The van der Waals surface area contributed by atoms with Gasteiger partial charge in [-0.05, 0) is 50.6 Å². The summed E-state index contributed by atoms with van der Waals surface area (Å²) in [6.45, 7) is 5.19. The van der Waals surface area contributed by atoms with Crippen LogP contribution in [0.5, 0.6) is 11.5 Å². The molecule has 6 nitrogen and oxygen atoms in total. The predicted molar refractivity (Wildman–Crippen MR) is 97.6 cm³/mol. The third-order valence-corrected chi connectivity index (χ3v) is 4.27. The van der Waals surface area contributed by atoms with E-state index in [1.54, 1.807) is 32.9 Å². The second-order valence-electron chi connectivity index (χ2n) is 7.67. The summed E-state index contributed by atoms with van der Waals surface area (Å²) in [7, 11) is 0. The summed E-state index contributed by atoms with van der Waals surface area (Å²) >= 11 is 0. The van der Waals surface area contributed by atoms with Crippen LogP contribution in [0.2, 0.25) is 0 Å². The number of amides is 1. The number of carbonyl (C=O) groups excluding carboxylic acids is 1. The van der Waals surface area contributed by atoms with Crippen LogP contribution in [0.1, 0.15) is 38.4 Å². The average Bonchev–Trinajstić information content (AvgIpc) is 2.61. The zero-order valence-electron chi connectivity index (χ0n) is 16.5. The lowest BCUT2D eigenvalue weighted by Gasteiger charge is -2.39. The molecule has 1 N–H and O–H groups in total. The molecule has 1 unspecified atom stereocenters. The van der Waals surface area contributed by atoms with Gasteiger partial charge in [-0.3, -0.25) is 4.98 Å². The lowest BCUT2D eigenvalue weighted by molar-refractivity contribution is -0.275. The number of rotatable bonds is 3. The molecule has 30 heavy (non-hydrogen) atoms. The van der Waals surface area contributed by atoms with Crippen LogP contribution in [0.25, 0.3) is 0 Å². The van der Waals surface area contributed by atoms with Crippen LogP contribution in [0.3, 0.4) is 0 Å². The summed E-state index contributed by atoms with van der Waals surface area (Å²) in [5.41, 5.74) is -1.73. The molecular weight excluding hydrogens is 408 g/mol. The largest absolute Gasteiger partial charge is 0.573 e. The molecule has 0 aliphatic carbocycles. The highest BCUT2D eigenvalue weighted by molar-refractivity contribution is 5.71. The zero-order valence-corrected chi connectivity index (χ0v) is 16.5. The van der Waals surface area contributed by atoms with E-state index < -0.39 is 35.2 Å². The number of nitrogens with one attached hydrogen (secondary N) is 1. The standard InChI is InChI=1S/C20H20F4N2O4/c1-18(2,3)30-17(27)26-19(8-10-28-15-5-4-9-25-16(15)19)12-6-7-14(13(21)11-12)29-20(22,23)24/h4-7,9,11H,8,10H2,1-3H3,(H,26,27). The Bertz CT molecular complexity index is 943. The number of pyridine rings is 1. The molecule has 0 saturated heterocycles. The van der Waals surface area contributed by atoms with Gasteiger partial charge in [0.05, 0.1) is 6.61 Å². The van der Waals surface area contributed by atoms with Gasteiger partial charge in [0.25, 0.3) is 0 Å². The number of aromatic nitrogens is 1. The van der Waals surface area contributed by atoms with Crippen LogP contribution in [-0.2, 0) is 10.3 Å². The lowest BCUT2D eigenvalue weighted by atomic mass is 9.81. The number of alkyl carbamates (subject to hydrolysis) is 1. The van der Waals surface area contributed by atoms with Gasteiger partial charge < -0.3 is 19.5 Å². The summed E-state index contributed by atoms with van der Waals surface area (Å²) in [5, 5.41) is 2.72. The highest BCUT2D eigenvalue weighted by atomic mass is 19.4. The van der Waals surface area contributed by atoms with Crippen molar-refractivity contribution in [1.82, 2.24) is 10.3 Å². The van der Waals surface area contributed by atoms with Crippen LogP contribution < -0.4 is 14.8 Å². The van der Waals surface area contributed by atoms with Crippen LogP contribution in [-0.4, -0.2) is 29.6 Å². The number of alkyl halides is 3. The van der Waals surface area contributed by atoms with E-state index in [2.05, 4.69) is 15.0 Å². The molecule has 0 bridgehead atoms. The number of carbonyl (C=O) groups is 1. The van der Waals surface area contributed by atoms with Gasteiger partial charge in [-0.25, -0.2) is 9.18 Å². The highest BCUT2D eigenvalue weighted by Crippen LogP contribution is 2.42. The first kappa shape index (κ1) is 21.7. The predicted octanol–water partition coefficient (Wildman–Crippen LogP) is 4.67. The molecule has 10 heteroatoms. The Morgan fingerprint density at radius 1 is 1.23 bits per heavy atom.